The summed E-state index contributed by atoms with van der Waals surface area (Å²) in [4.78, 5) is 15.5. The lowest BCUT2D eigenvalue weighted by Gasteiger charge is -2.18. The van der Waals surface area contributed by atoms with Gasteiger partial charge in [-0.15, -0.1) is 0 Å². The summed E-state index contributed by atoms with van der Waals surface area (Å²) in [6.07, 6.45) is -1.06. The topological polar surface area (TPSA) is 151 Å². The summed E-state index contributed by atoms with van der Waals surface area (Å²) in [5.41, 5.74) is 5.30. The van der Waals surface area contributed by atoms with Crippen LogP contribution in [0.3, 0.4) is 0 Å². The fourth-order valence-corrected chi connectivity index (χ4v) is 2.15. The van der Waals surface area contributed by atoms with Gasteiger partial charge in [0.15, 0.2) is 6.23 Å². The predicted octanol–water partition coefficient (Wildman–Crippen LogP) is -1.95. The fourth-order valence-electron chi connectivity index (χ4n) is 2.15. The summed E-state index contributed by atoms with van der Waals surface area (Å²) < 4.78 is 6.27. The first-order valence-electron chi connectivity index (χ1n) is 6.28. The van der Waals surface area contributed by atoms with Crippen LogP contribution in [-0.4, -0.2) is 54.9 Å². The number of hydrogen-bond acceptors (Lipinski definition) is 8. The van der Waals surface area contributed by atoms with Crippen molar-refractivity contribution in [3.63, 3.8) is 0 Å². The van der Waals surface area contributed by atoms with Gasteiger partial charge in [0.1, 0.15) is 24.1 Å². The van der Waals surface area contributed by atoms with Crippen molar-refractivity contribution in [3.05, 3.63) is 34.6 Å². The molecular formula is C12H17N3O6. The minimum atomic E-state index is -1.38. The number of nitrogens with two attached hydrogens (primary N) is 1. The highest BCUT2D eigenvalue weighted by atomic mass is 16.6. The van der Waals surface area contributed by atoms with Gasteiger partial charge < -0.3 is 30.9 Å². The maximum atomic E-state index is 11.9. The van der Waals surface area contributed by atoms with Gasteiger partial charge >= 0.3 is 5.69 Å². The Labute approximate surface area is 119 Å². The standard InChI is InChI=1S/C12H17N3O6/c13-10-6(2-1-3-16)4-15(12(20)14-10)11-9(19)8(18)7(5-17)21-11/h1,3-4,7-9,11,16-19H,2,5H2,(H2,13,14,20)/t7-,8-,9-,11-/m1/s1. The third-order valence-electron chi connectivity index (χ3n) is 3.30. The van der Waals surface area contributed by atoms with Crippen LogP contribution in [0.1, 0.15) is 11.8 Å². The molecule has 0 spiro atoms. The highest BCUT2D eigenvalue weighted by Gasteiger charge is 2.43. The van der Waals surface area contributed by atoms with E-state index in [2.05, 4.69) is 4.98 Å². The van der Waals surface area contributed by atoms with E-state index in [1.165, 1.54) is 12.3 Å². The zero-order valence-corrected chi connectivity index (χ0v) is 11.0. The van der Waals surface area contributed by atoms with Gasteiger partial charge in [-0.3, -0.25) is 4.57 Å². The Bertz CT molecular complexity index is 587. The molecule has 0 unspecified atom stereocenters. The number of aliphatic hydroxyl groups is 4. The molecule has 0 aliphatic carbocycles. The molecule has 1 aromatic rings. The Balaban J connectivity index is 2.37. The molecule has 1 saturated heterocycles. The Kier molecular flexibility index (Phi) is 4.58. The van der Waals surface area contributed by atoms with Crippen molar-refractivity contribution in [2.75, 3.05) is 12.3 Å². The molecule has 1 aromatic heterocycles. The van der Waals surface area contributed by atoms with Gasteiger partial charge in [0.05, 0.1) is 12.9 Å². The molecule has 2 heterocycles. The van der Waals surface area contributed by atoms with E-state index in [0.29, 0.717) is 5.56 Å². The number of anilines is 1. The van der Waals surface area contributed by atoms with Crippen molar-refractivity contribution in [1.29, 1.82) is 0 Å². The predicted molar refractivity (Wildman–Crippen MR) is 71.4 cm³/mol. The maximum Gasteiger partial charge on any atom is 0.351 e. The maximum absolute atomic E-state index is 11.9. The molecule has 0 amide bonds. The van der Waals surface area contributed by atoms with E-state index in [9.17, 15) is 15.0 Å². The van der Waals surface area contributed by atoms with Gasteiger partial charge in [-0.25, -0.2) is 4.79 Å². The third-order valence-corrected chi connectivity index (χ3v) is 3.30. The van der Waals surface area contributed by atoms with E-state index in [1.807, 2.05) is 0 Å². The molecule has 0 saturated carbocycles. The van der Waals surface area contributed by atoms with E-state index >= 15 is 0 Å². The number of ether oxygens (including phenoxy) is 1. The average molecular weight is 299 g/mol. The molecule has 1 fully saturated rings. The number of aliphatic hydroxyl groups excluding tert-OH is 4. The molecule has 116 valence electrons. The average Bonchev–Trinajstić information content (AvgIpc) is 2.74. The highest BCUT2D eigenvalue weighted by molar-refractivity contribution is 5.38. The van der Waals surface area contributed by atoms with Gasteiger partial charge in [0.25, 0.3) is 0 Å². The van der Waals surface area contributed by atoms with E-state index in [4.69, 9.17) is 20.7 Å². The van der Waals surface area contributed by atoms with Crippen molar-refractivity contribution in [2.45, 2.75) is 31.0 Å². The molecule has 2 rings (SSSR count). The Morgan fingerprint density at radius 2 is 2.14 bits per heavy atom. The van der Waals surface area contributed by atoms with Gasteiger partial charge in [0, 0.05) is 11.8 Å². The van der Waals surface area contributed by atoms with Gasteiger partial charge in [-0.1, -0.05) is 0 Å². The molecule has 4 atom stereocenters. The summed E-state index contributed by atoms with van der Waals surface area (Å²) >= 11 is 0. The molecule has 21 heavy (non-hydrogen) atoms. The Morgan fingerprint density at radius 3 is 2.71 bits per heavy atom. The first kappa shape index (κ1) is 15.4. The molecule has 9 heteroatoms. The molecule has 0 radical (unpaired) electrons. The van der Waals surface area contributed by atoms with Crippen LogP contribution in [0.4, 0.5) is 5.82 Å². The second-order valence-electron chi connectivity index (χ2n) is 4.66. The smallest absolute Gasteiger partial charge is 0.351 e. The minimum Gasteiger partial charge on any atom is -0.516 e. The normalized spacial score (nSPS) is 29.3. The molecule has 1 aliphatic rings. The Morgan fingerprint density at radius 1 is 1.43 bits per heavy atom. The zero-order chi connectivity index (χ0) is 15.6. The number of aromatic nitrogens is 2. The number of hydrogen-bond donors (Lipinski definition) is 5. The zero-order valence-electron chi connectivity index (χ0n) is 11.0. The van der Waals surface area contributed by atoms with Crippen molar-refractivity contribution < 1.29 is 25.2 Å². The summed E-state index contributed by atoms with van der Waals surface area (Å²) in [5.74, 6) is 0.00101. The Hall–Kier alpha value is -1.94. The van der Waals surface area contributed by atoms with Crippen LogP contribution in [0.5, 0.6) is 0 Å². The molecule has 1 aliphatic heterocycles. The van der Waals surface area contributed by atoms with E-state index < -0.39 is 36.8 Å². The number of rotatable bonds is 4. The van der Waals surface area contributed by atoms with Gasteiger partial charge in [-0.05, 0) is 12.5 Å². The van der Waals surface area contributed by atoms with Crippen LogP contribution in [0, 0.1) is 0 Å². The van der Waals surface area contributed by atoms with Crippen LogP contribution in [-0.2, 0) is 11.2 Å². The number of nitrogen functional groups attached to an aromatic ring is 1. The molecule has 6 N–H and O–H groups in total. The van der Waals surface area contributed by atoms with Crippen LogP contribution in [0.25, 0.3) is 0 Å². The van der Waals surface area contributed by atoms with E-state index in [1.54, 1.807) is 0 Å². The second-order valence-corrected chi connectivity index (χ2v) is 4.66. The molecule has 0 aromatic carbocycles. The van der Waals surface area contributed by atoms with Crippen molar-refractivity contribution in [1.82, 2.24) is 9.55 Å². The second kappa shape index (κ2) is 6.22. The van der Waals surface area contributed by atoms with Crippen LogP contribution < -0.4 is 11.4 Å². The summed E-state index contributed by atoms with van der Waals surface area (Å²) in [6.45, 7) is -0.494. The lowest BCUT2D eigenvalue weighted by atomic mass is 10.1. The van der Waals surface area contributed by atoms with Crippen molar-refractivity contribution in [2.24, 2.45) is 0 Å². The van der Waals surface area contributed by atoms with Crippen molar-refractivity contribution in [3.8, 4) is 0 Å². The molecular weight excluding hydrogens is 282 g/mol. The number of allylic oxidation sites excluding steroid dienone is 1. The lowest BCUT2D eigenvalue weighted by molar-refractivity contribution is -0.0550. The largest absolute Gasteiger partial charge is 0.516 e. The van der Waals surface area contributed by atoms with Crippen LogP contribution in [0.2, 0.25) is 0 Å². The van der Waals surface area contributed by atoms with E-state index in [0.717, 1.165) is 10.8 Å². The minimum absolute atomic E-state index is 0.00101. The first-order valence-corrected chi connectivity index (χ1v) is 6.28. The first-order chi connectivity index (χ1) is 9.99. The monoisotopic (exact) mass is 299 g/mol. The van der Waals surface area contributed by atoms with Gasteiger partial charge in [-0.2, -0.15) is 4.98 Å². The summed E-state index contributed by atoms with van der Waals surface area (Å²) in [7, 11) is 0. The third kappa shape index (κ3) is 2.90. The molecule has 9 nitrogen and oxygen atoms in total. The summed E-state index contributed by atoms with van der Waals surface area (Å²) in [5, 5.41) is 37.3. The number of nitrogens with zero attached hydrogens (tertiary/aromatic N) is 2. The molecule has 0 bridgehead atoms. The van der Waals surface area contributed by atoms with Crippen LogP contribution >= 0.6 is 0 Å². The lowest BCUT2D eigenvalue weighted by Crippen LogP contribution is -2.36. The van der Waals surface area contributed by atoms with Crippen molar-refractivity contribution >= 4 is 5.82 Å². The summed E-state index contributed by atoms with van der Waals surface area (Å²) in [6, 6.07) is 0. The fraction of sp³-hybridized carbons (Fsp3) is 0.500. The van der Waals surface area contributed by atoms with Crippen LogP contribution in [0.15, 0.2) is 23.3 Å². The van der Waals surface area contributed by atoms with E-state index in [-0.39, 0.29) is 12.2 Å². The SMILES string of the molecule is Nc1nc(=O)n([C@@H]2O[C@H](CO)[C@@H](O)[C@H]2O)cc1CC=CO. The van der Waals surface area contributed by atoms with Gasteiger partial charge in [0.2, 0.25) is 0 Å². The highest BCUT2D eigenvalue weighted by Crippen LogP contribution is 2.28. The quantitative estimate of drug-likeness (QED) is 0.402.